The Morgan fingerprint density at radius 3 is 2.88 bits per heavy atom. The first-order valence-electron chi connectivity index (χ1n) is 6.84. The van der Waals surface area contributed by atoms with Crippen LogP contribution in [0.3, 0.4) is 0 Å². The minimum absolute atomic E-state index is 0.0435. The Labute approximate surface area is 98.6 Å². The van der Waals surface area contributed by atoms with Gasteiger partial charge in [0, 0.05) is 19.3 Å². The Balaban J connectivity index is 1.65. The summed E-state index contributed by atoms with van der Waals surface area (Å²) < 4.78 is 5.45. The molecule has 0 aromatic heterocycles. The molecule has 94 valence electrons. The lowest BCUT2D eigenvalue weighted by Crippen LogP contribution is -2.36. The van der Waals surface area contributed by atoms with Crippen molar-refractivity contribution < 1.29 is 9.84 Å². The maximum absolute atomic E-state index is 9.61. The van der Waals surface area contributed by atoms with Crippen molar-refractivity contribution in [1.82, 2.24) is 5.32 Å². The van der Waals surface area contributed by atoms with E-state index in [9.17, 15) is 5.11 Å². The molecule has 3 heteroatoms. The van der Waals surface area contributed by atoms with Gasteiger partial charge in [0.25, 0.3) is 0 Å². The fourth-order valence-corrected chi connectivity index (χ4v) is 2.89. The Bertz CT molecular complexity index is 188. The van der Waals surface area contributed by atoms with E-state index in [0.29, 0.717) is 12.0 Å². The molecule has 0 aromatic rings. The van der Waals surface area contributed by atoms with Crippen LogP contribution in [0.15, 0.2) is 0 Å². The van der Waals surface area contributed by atoms with E-state index in [2.05, 4.69) is 5.32 Å². The molecule has 1 saturated carbocycles. The molecule has 2 fully saturated rings. The molecule has 2 aliphatic rings. The van der Waals surface area contributed by atoms with Crippen LogP contribution in [0, 0.1) is 5.92 Å². The first kappa shape index (κ1) is 12.3. The molecule has 16 heavy (non-hydrogen) atoms. The standard InChI is InChI=1S/C13H25NO2/c15-13-5-1-3-11(9-13)10-14-12-4-2-7-16-8-6-12/h11-15H,1-10H2. The Kier molecular flexibility index (Phi) is 5.07. The van der Waals surface area contributed by atoms with Crippen LogP contribution in [-0.4, -0.2) is 37.0 Å². The molecule has 2 N–H and O–H groups in total. The second-order valence-electron chi connectivity index (χ2n) is 5.33. The van der Waals surface area contributed by atoms with Gasteiger partial charge >= 0.3 is 0 Å². The van der Waals surface area contributed by atoms with Gasteiger partial charge in [0.2, 0.25) is 0 Å². The van der Waals surface area contributed by atoms with Crippen LogP contribution in [0.1, 0.15) is 44.9 Å². The number of ether oxygens (including phenoxy) is 1. The number of aliphatic hydroxyl groups excluding tert-OH is 1. The molecular formula is C13H25NO2. The molecule has 2 rings (SSSR count). The lowest BCUT2D eigenvalue weighted by atomic mass is 9.87. The molecule has 0 aromatic carbocycles. The van der Waals surface area contributed by atoms with Crippen molar-refractivity contribution in [3.05, 3.63) is 0 Å². The summed E-state index contributed by atoms with van der Waals surface area (Å²) in [6.07, 6.45) is 8.02. The van der Waals surface area contributed by atoms with E-state index in [1.165, 1.54) is 25.7 Å². The van der Waals surface area contributed by atoms with Crippen LogP contribution < -0.4 is 5.32 Å². The van der Waals surface area contributed by atoms with E-state index in [4.69, 9.17) is 4.74 Å². The predicted molar refractivity (Wildman–Crippen MR) is 64.4 cm³/mol. The zero-order valence-electron chi connectivity index (χ0n) is 10.2. The first-order valence-corrected chi connectivity index (χ1v) is 6.84. The van der Waals surface area contributed by atoms with Crippen molar-refractivity contribution in [2.24, 2.45) is 5.92 Å². The third kappa shape index (κ3) is 4.04. The maximum atomic E-state index is 9.61. The van der Waals surface area contributed by atoms with Crippen molar-refractivity contribution >= 4 is 0 Å². The Morgan fingerprint density at radius 2 is 2.00 bits per heavy atom. The molecule has 1 aliphatic carbocycles. The highest BCUT2D eigenvalue weighted by Crippen LogP contribution is 2.23. The van der Waals surface area contributed by atoms with Gasteiger partial charge in [-0.3, -0.25) is 0 Å². The molecule has 3 nitrogen and oxygen atoms in total. The summed E-state index contributed by atoms with van der Waals surface area (Å²) in [6.45, 7) is 2.92. The summed E-state index contributed by atoms with van der Waals surface area (Å²) in [7, 11) is 0. The second-order valence-corrected chi connectivity index (χ2v) is 5.33. The minimum atomic E-state index is -0.0435. The second kappa shape index (κ2) is 6.58. The molecule has 0 bridgehead atoms. The van der Waals surface area contributed by atoms with Gasteiger partial charge in [-0.1, -0.05) is 6.42 Å². The van der Waals surface area contributed by atoms with Gasteiger partial charge in [-0.25, -0.2) is 0 Å². The maximum Gasteiger partial charge on any atom is 0.0543 e. The van der Waals surface area contributed by atoms with Crippen LogP contribution >= 0.6 is 0 Å². The summed E-state index contributed by atoms with van der Waals surface area (Å²) >= 11 is 0. The van der Waals surface area contributed by atoms with Crippen LogP contribution in [0.5, 0.6) is 0 Å². The van der Waals surface area contributed by atoms with Crippen molar-refractivity contribution in [1.29, 1.82) is 0 Å². The van der Waals surface area contributed by atoms with Crippen LogP contribution in [0.25, 0.3) is 0 Å². The summed E-state index contributed by atoms with van der Waals surface area (Å²) in [5.74, 6) is 0.688. The first-order chi connectivity index (χ1) is 7.84. The van der Waals surface area contributed by atoms with Gasteiger partial charge in [0.15, 0.2) is 0 Å². The van der Waals surface area contributed by atoms with E-state index >= 15 is 0 Å². The van der Waals surface area contributed by atoms with E-state index < -0.39 is 0 Å². The van der Waals surface area contributed by atoms with Gasteiger partial charge in [-0.05, 0) is 51.0 Å². The number of rotatable bonds is 3. The van der Waals surface area contributed by atoms with Crippen molar-refractivity contribution in [3.63, 3.8) is 0 Å². The third-order valence-electron chi connectivity index (χ3n) is 3.90. The topological polar surface area (TPSA) is 41.5 Å². The van der Waals surface area contributed by atoms with E-state index in [1.807, 2.05) is 0 Å². The summed E-state index contributed by atoms with van der Waals surface area (Å²) in [6, 6.07) is 0.640. The van der Waals surface area contributed by atoms with Crippen molar-refractivity contribution in [3.8, 4) is 0 Å². The highest BCUT2D eigenvalue weighted by Gasteiger charge is 2.21. The largest absolute Gasteiger partial charge is 0.393 e. The Hall–Kier alpha value is -0.120. The number of hydrogen-bond donors (Lipinski definition) is 2. The summed E-state index contributed by atoms with van der Waals surface area (Å²) in [4.78, 5) is 0. The normalized spacial score (nSPS) is 36.9. The molecular weight excluding hydrogens is 202 g/mol. The van der Waals surface area contributed by atoms with Gasteiger partial charge < -0.3 is 15.2 Å². The average Bonchev–Trinajstić information content (AvgIpc) is 2.55. The van der Waals surface area contributed by atoms with Gasteiger partial charge in [-0.15, -0.1) is 0 Å². The fourth-order valence-electron chi connectivity index (χ4n) is 2.89. The van der Waals surface area contributed by atoms with Gasteiger partial charge in [0.05, 0.1) is 6.10 Å². The SMILES string of the molecule is OC1CCCC(CNC2CCCOCC2)C1. The number of aliphatic hydroxyl groups is 1. The monoisotopic (exact) mass is 227 g/mol. The third-order valence-corrected chi connectivity index (χ3v) is 3.90. The summed E-state index contributed by atoms with van der Waals surface area (Å²) in [5, 5.41) is 13.3. The molecule has 0 radical (unpaired) electrons. The molecule has 3 atom stereocenters. The van der Waals surface area contributed by atoms with Crippen LogP contribution in [0.4, 0.5) is 0 Å². The van der Waals surface area contributed by atoms with E-state index in [0.717, 1.165) is 39.0 Å². The zero-order valence-corrected chi connectivity index (χ0v) is 10.2. The molecule has 3 unspecified atom stereocenters. The molecule has 1 heterocycles. The lowest BCUT2D eigenvalue weighted by Gasteiger charge is -2.27. The number of hydrogen-bond acceptors (Lipinski definition) is 3. The highest BCUT2D eigenvalue weighted by atomic mass is 16.5. The summed E-state index contributed by atoms with van der Waals surface area (Å²) in [5.41, 5.74) is 0. The predicted octanol–water partition coefficient (Wildman–Crippen LogP) is 1.70. The molecule has 0 spiro atoms. The molecule has 1 aliphatic heterocycles. The molecule has 0 amide bonds. The van der Waals surface area contributed by atoms with Crippen LogP contribution in [0.2, 0.25) is 0 Å². The average molecular weight is 227 g/mol. The smallest absolute Gasteiger partial charge is 0.0543 e. The van der Waals surface area contributed by atoms with Crippen molar-refractivity contribution in [2.45, 2.75) is 57.1 Å². The van der Waals surface area contributed by atoms with Crippen molar-refractivity contribution in [2.75, 3.05) is 19.8 Å². The highest BCUT2D eigenvalue weighted by molar-refractivity contribution is 4.77. The van der Waals surface area contributed by atoms with E-state index in [1.54, 1.807) is 0 Å². The van der Waals surface area contributed by atoms with Gasteiger partial charge in [-0.2, -0.15) is 0 Å². The Morgan fingerprint density at radius 1 is 1.06 bits per heavy atom. The zero-order chi connectivity index (χ0) is 11.2. The minimum Gasteiger partial charge on any atom is -0.393 e. The van der Waals surface area contributed by atoms with E-state index in [-0.39, 0.29) is 6.10 Å². The van der Waals surface area contributed by atoms with Gasteiger partial charge in [0.1, 0.15) is 0 Å². The van der Waals surface area contributed by atoms with Crippen LogP contribution in [-0.2, 0) is 4.74 Å². The molecule has 1 saturated heterocycles. The fraction of sp³-hybridized carbons (Fsp3) is 1.00. The number of nitrogens with one attached hydrogen (secondary N) is 1. The lowest BCUT2D eigenvalue weighted by molar-refractivity contribution is 0.0990. The quantitative estimate of drug-likeness (QED) is 0.771.